The number of phenols is 1. The van der Waals surface area contributed by atoms with Gasteiger partial charge in [0.1, 0.15) is 5.75 Å². The zero-order valence-electron chi connectivity index (χ0n) is 17.7. The average Bonchev–Trinajstić information content (AvgIpc) is 2.96. The number of hydrogen-bond donors (Lipinski definition) is 2. The van der Waals surface area contributed by atoms with E-state index >= 15 is 0 Å². The zero-order valence-corrected chi connectivity index (χ0v) is 17.7. The van der Waals surface area contributed by atoms with Crippen LogP contribution < -0.4 is 5.32 Å². The number of carbonyl (C=O) groups excluding carboxylic acids is 2. The molecule has 2 aliphatic carbocycles. The Morgan fingerprint density at radius 2 is 1.60 bits per heavy atom. The van der Waals surface area contributed by atoms with Crippen molar-refractivity contribution < 1.29 is 14.7 Å². The molecule has 0 saturated heterocycles. The molecule has 0 bridgehead atoms. The van der Waals surface area contributed by atoms with Crippen LogP contribution in [-0.2, 0) is 4.79 Å². The maximum absolute atomic E-state index is 13.5. The molecule has 5 rings (SSSR count). The number of dihydropyridines is 1. The van der Waals surface area contributed by atoms with E-state index in [2.05, 4.69) is 19.2 Å². The Morgan fingerprint density at radius 3 is 2.27 bits per heavy atom. The number of aromatic hydroxyl groups is 1. The lowest BCUT2D eigenvalue weighted by molar-refractivity contribution is -0.118. The van der Waals surface area contributed by atoms with Gasteiger partial charge in [0.15, 0.2) is 11.6 Å². The summed E-state index contributed by atoms with van der Waals surface area (Å²) in [6.07, 6.45) is 1.22. The van der Waals surface area contributed by atoms with Crippen molar-refractivity contribution in [3.63, 3.8) is 0 Å². The average molecular weight is 399 g/mol. The van der Waals surface area contributed by atoms with Gasteiger partial charge < -0.3 is 10.4 Å². The number of Topliss-reactive ketones (excluding diaryl/α,β-unsaturated/α-hetero) is 2. The molecule has 0 aromatic heterocycles. The minimum Gasteiger partial charge on any atom is -0.507 e. The van der Waals surface area contributed by atoms with Gasteiger partial charge in [0.25, 0.3) is 0 Å². The lowest BCUT2D eigenvalue weighted by atomic mass is 9.68. The lowest BCUT2D eigenvalue weighted by Crippen LogP contribution is -2.37. The molecule has 1 heterocycles. The molecule has 2 aromatic rings. The molecule has 0 unspecified atom stereocenters. The number of aryl methyl sites for hydroxylation is 2. The van der Waals surface area contributed by atoms with Crippen molar-refractivity contribution in [1.29, 1.82) is 0 Å². The van der Waals surface area contributed by atoms with Crippen LogP contribution in [0.25, 0.3) is 5.70 Å². The predicted molar refractivity (Wildman–Crippen MR) is 116 cm³/mol. The summed E-state index contributed by atoms with van der Waals surface area (Å²) in [5, 5.41) is 13.8. The van der Waals surface area contributed by atoms with E-state index in [-0.39, 0.29) is 22.7 Å². The summed E-state index contributed by atoms with van der Waals surface area (Å²) in [7, 11) is 0. The molecule has 0 spiro atoms. The third kappa shape index (κ3) is 2.59. The van der Waals surface area contributed by atoms with Crippen LogP contribution >= 0.6 is 0 Å². The number of phenolic OH excluding ortho intramolecular Hbond substituents is 1. The quantitative estimate of drug-likeness (QED) is 0.712. The number of ketones is 2. The van der Waals surface area contributed by atoms with Gasteiger partial charge in [0.05, 0.1) is 5.70 Å². The lowest BCUT2D eigenvalue weighted by Gasteiger charge is -2.39. The molecule has 30 heavy (non-hydrogen) atoms. The summed E-state index contributed by atoms with van der Waals surface area (Å²) in [6.45, 7) is 7.93. The Balaban J connectivity index is 1.78. The Hall–Kier alpha value is -3.14. The van der Waals surface area contributed by atoms with E-state index in [1.54, 1.807) is 0 Å². The van der Waals surface area contributed by atoms with E-state index in [1.165, 1.54) is 0 Å². The SMILES string of the molecule is Cc1cc([C@H]2C3=C(CC(C)(C)CC3=O)NC3=C2C(=O)c2ccccc23)cc(C)c1O. The zero-order chi connectivity index (χ0) is 21.4. The maximum atomic E-state index is 13.5. The molecular weight excluding hydrogens is 374 g/mol. The summed E-state index contributed by atoms with van der Waals surface area (Å²) in [6, 6.07) is 11.5. The number of nitrogens with one attached hydrogen (secondary N) is 1. The molecule has 0 saturated carbocycles. The molecule has 0 radical (unpaired) electrons. The van der Waals surface area contributed by atoms with Gasteiger partial charge >= 0.3 is 0 Å². The van der Waals surface area contributed by atoms with Crippen molar-refractivity contribution in [2.75, 3.05) is 0 Å². The van der Waals surface area contributed by atoms with E-state index in [4.69, 9.17) is 0 Å². The van der Waals surface area contributed by atoms with Crippen LogP contribution in [0.15, 0.2) is 53.2 Å². The highest BCUT2D eigenvalue weighted by atomic mass is 16.3. The summed E-state index contributed by atoms with van der Waals surface area (Å²) >= 11 is 0. The fourth-order valence-electron chi connectivity index (χ4n) is 5.28. The second-order valence-electron chi connectivity index (χ2n) is 9.56. The molecule has 4 heteroatoms. The number of allylic oxidation sites excluding steroid dienone is 3. The summed E-state index contributed by atoms with van der Waals surface area (Å²) < 4.78 is 0. The first-order valence-corrected chi connectivity index (χ1v) is 10.4. The monoisotopic (exact) mass is 399 g/mol. The Kier molecular flexibility index (Phi) is 3.88. The predicted octanol–water partition coefficient (Wildman–Crippen LogP) is 4.95. The second kappa shape index (κ2) is 6.18. The van der Waals surface area contributed by atoms with Crippen LogP contribution in [0.4, 0.5) is 0 Å². The number of benzene rings is 2. The molecule has 0 amide bonds. The van der Waals surface area contributed by atoms with Crippen molar-refractivity contribution >= 4 is 17.3 Å². The van der Waals surface area contributed by atoms with Gasteiger partial charge in [-0.25, -0.2) is 0 Å². The molecule has 1 aliphatic heterocycles. The molecule has 2 N–H and O–H groups in total. The van der Waals surface area contributed by atoms with Crippen LogP contribution in [0.3, 0.4) is 0 Å². The first-order chi connectivity index (χ1) is 14.2. The second-order valence-corrected chi connectivity index (χ2v) is 9.56. The fraction of sp³-hybridized carbons (Fsp3) is 0.308. The fourth-order valence-corrected chi connectivity index (χ4v) is 5.28. The molecule has 3 aliphatic rings. The molecule has 0 fully saturated rings. The van der Waals surface area contributed by atoms with Gasteiger partial charge in [0.2, 0.25) is 0 Å². The first-order valence-electron chi connectivity index (χ1n) is 10.4. The number of carbonyl (C=O) groups is 2. The highest BCUT2D eigenvalue weighted by Crippen LogP contribution is 2.51. The third-order valence-corrected chi connectivity index (χ3v) is 6.57. The van der Waals surface area contributed by atoms with Crippen LogP contribution in [0.1, 0.15) is 65.2 Å². The van der Waals surface area contributed by atoms with E-state index in [1.807, 2.05) is 50.2 Å². The molecule has 1 atom stereocenters. The number of fused-ring (bicyclic) bond motifs is 2. The first kappa shape index (κ1) is 18.9. The molecular formula is C26H25NO3. The van der Waals surface area contributed by atoms with Crippen LogP contribution in [0.5, 0.6) is 5.75 Å². The van der Waals surface area contributed by atoms with Gasteiger partial charge in [-0.3, -0.25) is 9.59 Å². The minimum atomic E-state index is -0.419. The standard InChI is InChI=1S/C26H25NO3/c1-13-9-15(10-14(2)24(13)29)20-21-18(11-26(3,4)12-19(21)28)27-23-16-7-5-6-8-17(16)25(30)22(20)23/h5-10,20,27,29H,11-12H2,1-4H3/t20-/m0/s1. The molecule has 2 aromatic carbocycles. The Labute approximate surface area is 176 Å². The third-order valence-electron chi connectivity index (χ3n) is 6.57. The smallest absolute Gasteiger partial charge is 0.192 e. The van der Waals surface area contributed by atoms with E-state index in [0.717, 1.165) is 40.1 Å². The van der Waals surface area contributed by atoms with Crippen molar-refractivity contribution in [3.8, 4) is 5.75 Å². The van der Waals surface area contributed by atoms with Gasteiger partial charge in [-0.1, -0.05) is 50.2 Å². The van der Waals surface area contributed by atoms with Gasteiger partial charge in [0, 0.05) is 40.3 Å². The van der Waals surface area contributed by atoms with E-state index < -0.39 is 5.92 Å². The molecule has 152 valence electrons. The minimum absolute atomic E-state index is 0.0225. The van der Waals surface area contributed by atoms with Gasteiger partial charge in [-0.15, -0.1) is 0 Å². The number of rotatable bonds is 1. The summed E-state index contributed by atoms with van der Waals surface area (Å²) in [5.41, 5.74) is 6.94. The molecule has 4 nitrogen and oxygen atoms in total. The highest BCUT2D eigenvalue weighted by Gasteiger charge is 2.46. The van der Waals surface area contributed by atoms with E-state index in [9.17, 15) is 14.7 Å². The van der Waals surface area contributed by atoms with E-state index in [0.29, 0.717) is 23.1 Å². The van der Waals surface area contributed by atoms with Crippen LogP contribution in [0, 0.1) is 19.3 Å². The summed E-state index contributed by atoms with van der Waals surface area (Å²) in [5.74, 6) is -0.0888. The van der Waals surface area contributed by atoms with Crippen molar-refractivity contribution in [2.24, 2.45) is 5.41 Å². The Morgan fingerprint density at radius 1 is 0.967 bits per heavy atom. The summed E-state index contributed by atoms with van der Waals surface area (Å²) in [4.78, 5) is 26.8. The van der Waals surface area contributed by atoms with Crippen molar-refractivity contribution in [2.45, 2.75) is 46.5 Å². The van der Waals surface area contributed by atoms with Gasteiger partial charge in [-0.05, 0) is 42.4 Å². The number of hydrogen-bond acceptors (Lipinski definition) is 4. The Bertz CT molecular complexity index is 1190. The van der Waals surface area contributed by atoms with Crippen LogP contribution in [0.2, 0.25) is 0 Å². The topological polar surface area (TPSA) is 66.4 Å². The van der Waals surface area contributed by atoms with Crippen LogP contribution in [-0.4, -0.2) is 16.7 Å². The van der Waals surface area contributed by atoms with Crippen molar-refractivity contribution in [3.05, 3.63) is 81.1 Å². The van der Waals surface area contributed by atoms with Gasteiger partial charge in [-0.2, -0.15) is 0 Å². The maximum Gasteiger partial charge on any atom is 0.192 e. The largest absolute Gasteiger partial charge is 0.507 e. The normalized spacial score (nSPS) is 21.9. The van der Waals surface area contributed by atoms with Crippen molar-refractivity contribution in [1.82, 2.24) is 5.32 Å². The highest BCUT2D eigenvalue weighted by molar-refractivity contribution is 6.23.